The van der Waals surface area contributed by atoms with Crippen molar-refractivity contribution in [3.8, 4) is 5.75 Å². The SMILES string of the molecule is CC1CC[C@@]2(O)C3Cc4ccc(CO)c5c4[C@@]2(CCN3C)[C@H]1O5. The number of aliphatic hydroxyl groups is 2. The van der Waals surface area contributed by atoms with Crippen molar-refractivity contribution in [1.82, 2.24) is 4.90 Å². The van der Waals surface area contributed by atoms with E-state index in [0.29, 0.717) is 5.92 Å². The zero-order valence-corrected chi connectivity index (χ0v) is 13.9. The van der Waals surface area contributed by atoms with Gasteiger partial charge in [0.2, 0.25) is 0 Å². The van der Waals surface area contributed by atoms with Gasteiger partial charge in [-0.1, -0.05) is 19.1 Å². The van der Waals surface area contributed by atoms with E-state index in [1.807, 2.05) is 6.07 Å². The highest BCUT2D eigenvalue weighted by molar-refractivity contribution is 5.60. The molecule has 5 rings (SSSR count). The zero-order chi connectivity index (χ0) is 16.0. The molecule has 2 aliphatic carbocycles. The Hall–Kier alpha value is -1.10. The third-order valence-corrected chi connectivity index (χ3v) is 7.30. The minimum Gasteiger partial charge on any atom is -0.488 e. The summed E-state index contributed by atoms with van der Waals surface area (Å²) in [6, 6.07) is 4.34. The van der Waals surface area contributed by atoms with E-state index in [-0.39, 0.29) is 24.2 Å². The van der Waals surface area contributed by atoms with Gasteiger partial charge in [0.1, 0.15) is 11.9 Å². The second kappa shape index (κ2) is 4.29. The van der Waals surface area contributed by atoms with E-state index >= 15 is 0 Å². The van der Waals surface area contributed by atoms with E-state index in [1.54, 1.807) is 0 Å². The van der Waals surface area contributed by atoms with E-state index < -0.39 is 5.60 Å². The summed E-state index contributed by atoms with van der Waals surface area (Å²) in [5.41, 5.74) is 2.43. The molecule has 2 N–H and O–H groups in total. The smallest absolute Gasteiger partial charge is 0.129 e. The summed E-state index contributed by atoms with van der Waals surface area (Å²) in [4.78, 5) is 2.35. The van der Waals surface area contributed by atoms with Gasteiger partial charge in [0.25, 0.3) is 0 Å². The molecule has 1 aromatic carbocycles. The second-order valence-corrected chi connectivity index (χ2v) is 8.15. The molecule has 2 aliphatic heterocycles. The van der Waals surface area contributed by atoms with Gasteiger partial charge in [-0.15, -0.1) is 0 Å². The predicted molar refractivity (Wildman–Crippen MR) is 86.5 cm³/mol. The third kappa shape index (κ3) is 1.40. The largest absolute Gasteiger partial charge is 0.488 e. The van der Waals surface area contributed by atoms with E-state index in [1.165, 1.54) is 11.1 Å². The predicted octanol–water partition coefficient (Wildman–Crippen LogP) is 1.60. The van der Waals surface area contributed by atoms with Gasteiger partial charge in [-0.2, -0.15) is 0 Å². The quantitative estimate of drug-likeness (QED) is 0.826. The number of benzene rings is 1. The van der Waals surface area contributed by atoms with Crippen LogP contribution in [0.15, 0.2) is 12.1 Å². The van der Waals surface area contributed by atoms with Crippen LogP contribution in [0.4, 0.5) is 0 Å². The van der Waals surface area contributed by atoms with Gasteiger partial charge < -0.3 is 19.8 Å². The van der Waals surface area contributed by atoms with Crippen LogP contribution in [0.3, 0.4) is 0 Å². The molecule has 2 heterocycles. The lowest BCUT2D eigenvalue weighted by Gasteiger charge is -2.63. The first kappa shape index (κ1) is 14.3. The molecule has 1 saturated carbocycles. The number of rotatable bonds is 1. The van der Waals surface area contributed by atoms with Crippen molar-refractivity contribution in [2.24, 2.45) is 5.92 Å². The number of ether oxygens (including phenoxy) is 1. The standard InChI is InChI=1S/C19H25NO3/c1-11-5-6-19(22)14-9-12-3-4-13(10-21)16-15(12)18(19,17(11)23-16)7-8-20(14)2/h3-4,11,14,17,21-22H,5-10H2,1-2H3/t11?,14?,17-,18-,19+/m0/s1. The lowest BCUT2D eigenvalue weighted by Crippen LogP contribution is -2.75. The Balaban J connectivity index is 1.84. The minimum absolute atomic E-state index is 0.00154. The molecular formula is C19H25NO3. The maximum absolute atomic E-state index is 11.9. The highest BCUT2D eigenvalue weighted by Crippen LogP contribution is 2.65. The van der Waals surface area contributed by atoms with Gasteiger partial charge >= 0.3 is 0 Å². The summed E-state index contributed by atoms with van der Waals surface area (Å²) in [6.07, 6.45) is 3.73. The monoisotopic (exact) mass is 315 g/mol. The number of hydrogen-bond donors (Lipinski definition) is 2. The Bertz CT molecular complexity index is 689. The number of nitrogens with zero attached hydrogens (tertiary/aromatic N) is 1. The number of hydrogen-bond acceptors (Lipinski definition) is 4. The second-order valence-electron chi connectivity index (χ2n) is 8.15. The normalized spacial score (nSPS) is 43.9. The van der Waals surface area contributed by atoms with Crippen molar-refractivity contribution in [2.75, 3.05) is 13.6 Å². The highest BCUT2D eigenvalue weighted by Gasteiger charge is 2.71. The van der Waals surface area contributed by atoms with E-state index in [2.05, 4.69) is 24.9 Å². The molecule has 0 amide bonds. The number of likely N-dealkylation sites (N-methyl/N-ethyl adjacent to an activating group) is 1. The fraction of sp³-hybridized carbons (Fsp3) is 0.684. The first-order chi connectivity index (χ1) is 11.0. The molecule has 1 aromatic rings. The van der Waals surface area contributed by atoms with E-state index in [9.17, 15) is 10.2 Å². The van der Waals surface area contributed by atoms with Crippen LogP contribution in [0.5, 0.6) is 5.75 Å². The first-order valence-electron chi connectivity index (χ1n) is 8.88. The van der Waals surface area contributed by atoms with Crippen LogP contribution < -0.4 is 4.74 Å². The molecule has 2 unspecified atom stereocenters. The fourth-order valence-electron chi connectivity index (χ4n) is 6.20. The summed E-state index contributed by atoms with van der Waals surface area (Å²) in [5.74, 6) is 1.31. The summed E-state index contributed by atoms with van der Waals surface area (Å²) in [6.45, 7) is 3.26. The number of aliphatic hydroxyl groups excluding tert-OH is 1. The average molecular weight is 315 g/mol. The van der Waals surface area contributed by atoms with Crippen LogP contribution in [-0.4, -0.2) is 46.5 Å². The van der Waals surface area contributed by atoms with Crippen LogP contribution >= 0.6 is 0 Å². The zero-order valence-electron chi connectivity index (χ0n) is 13.9. The molecule has 0 aromatic heterocycles. The fourth-order valence-corrected chi connectivity index (χ4v) is 6.20. The summed E-state index contributed by atoms with van der Waals surface area (Å²) >= 11 is 0. The van der Waals surface area contributed by atoms with Crippen molar-refractivity contribution in [3.05, 3.63) is 28.8 Å². The minimum atomic E-state index is -0.705. The van der Waals surface area contributed by atoms with Gasteiger partial charge in [0.15, 0.2) is 0 Å². The molecule has 4 aliphatic rings. The third-order valence-electron chi connectivity index (χ3n) is 7.30. The van der Waals surface area contributed by atoms with Gasteiger partial charge in [0, 0.05) is 17.2 Å². The Morgan fingerprint density at radius 2 is 2.17 bits per heavy atom. The molecule has 0 radical (unpaired) electrons. The lowest BCUT2D eigenvalue weighted by atomic mass is 9.47. The van der Waals surface area contributed by atoms with Crippen LogP contribution in [-0.2, 0) is 18.4 Å². The molecule has 124 valence electrons. The Kier molecular flexibility index (Phi) is 2.66. The molecule has 2 fully saturated rings. The van der Waals surface area contributed by atoms with Crippen LogP contribution in [0.2, 0.25) is 0 Å². The van der Waals surface area contributed by atoms with Crippen molar-refractivity contribution in [1.29, 1.82) is 0 Å². The van der Waals surface area contributed by atoms with Crippen LogP contribution in [0, 0.1) is 5.92 Å². The van der Waals surface area contributed by atoms with Gasteiger partial charge in [0.05, 0.1) is 17.6 Å². The van der Waals surface area contributed by atoms with E-state index in [4.69, 9.17) is 4.74 Å². The van der Waals surface area contributed by atoms with Crippen LogP contribution in [0.25, 0.3) is 0 Å². The van der Waals surface area contributed by atoms with Gasteiger partial charge in [-0.3, -0.25) is 0 Å². The highest BCUT2D eigenvalue weighted by atomic mass is 16.5. The van der Waals surface area contributed by atoms with Crippen molar-refractivity contribution in [3.63, 3.8) is 0 Å². The van der Waals surface area contributed by atoms with Gasteiger partial charge in [-0.25, -0.2) is 0 Å². The summed E-state index contributed by atoms with van der Waals surface area (Å²) in [7, 11) is 2.15. The van der Waals surface area contributed by atoms with Crippen molar-refractivity contribution < 1.29 is 14.9 Å². The molecule has 4 nitrogen and oxygen atoms in total. The van der Waals surface area contributed by atoms with Gasteiger partial charge in [-0.05, 0) is 50.8 Å². The molecule has 23 heavy (non-hydrogen) atoms. The summed E-state index contributed by atoms with van der Waals surface area (Å²) in [5, 5.41) is 21.6. The molecule has 2 bridgehead atoms. The van der Waals surface area contributed by atoms with E-state index in [0.717, 1.165) is 43.5 Å². The molecule has 1 spiro atoms. The Morgan fingerprint density at radius 1 is 1.35 bits per heavy atom. The average Bonchev–Trinajstić information content (AvgIpc) is 2.90. The molecule has 4 heteroatoms. The maximum Gasteiger partial charge on any atom is 0.129 e. The summed E-state index contributed by atoms with van der Waals surface area (Å²) < 4.78 is 6.47. The number of likely N-dealkylation sites (tertiary alicyclic amines) is 1. The Labute approximate surface area is 137 Å². The lowest BCUT2D eigenvalue weighted by molar-refractivity contribution is -0.191. The van der Waals surface area contributed by atoms with Crippen molar-refractivity contribution >= 4 is 0 Å². The molecule has 5 atom stereocenters. The topological polar surface area (TPSA) is 52.9 Å². The first-order valence-corrected chi connectivity index (χ1v) is 8.88. The Morgan fingerprint density at radius 3 is 2.96 bits per heavy atom. The molecular weight excluding hydrogens is 290 g/mol. The van der Waals surface area contributed by atoms with Crippen LogP contribution in [0.1, 0.15) is 42.9 Å². The maximum atomic E-state index is 11.9. The number of piperidine rings is 1. The van der Waals surface area contributed by atoms with Crippen molar-refractivity contribution in [2.45, 2.75) is 62.4 Å². The molecule has 1 saturated heterocycles.